The molecule has 1 aliphatic rings. The lowest BCUT2D eigenvalue weighted by molar-refractivity contribution is 0.271. The van der Waals surface area contributed by atoms with E-state index < -0.39 is 0 Å². The highest BCUT2D eigenvalue weighted by Crippen LogP contribution is 2.38. The van der Waals surface area contributed by atoms with Crippen molar-refractivity contribution in [2.24, 2.45) is 5.92 Å². The fourth-order valence-corrected chi connectivity index (χ4v) is 3.43. The predicted molar refractivity (Wildman–Crippen MR) is 80.8 cm³/mol. The highest BCUT2D eigenvalue weighted by molar-refractivity contribution is 9.10. The van der Waals surface area contributed by atoms with Gasteiger partial charge in [0.2, 0.25) is 0 Å². The minimum absolute atomic E-state index is 0.546. The van der Waals surface area contributed by atoms with Crippen molar-refractivity contribution in [1.82, 2.24) is 10.2 Å². The van der Waals surface area contributed by atoms with E-state index in [0.29, 0.717) is 6.04 Å². The van der Waals surface area contributed by atoms with E-state index in [0.717, 1.165) is 19.0 Å². The fraction of sp³-hybridized carbons (Fsp3) is 0.600. The molecule has 0 saturated carbocycles. The Bertz CT molecular complexity index is 381. The van der Waals surface area contributed by atoms with Crippen LogP contribution in [0, 0.1) is 5.92 Å². The first kappa shape index (κ1) is 14.0. The summed E-state index contributed by atoms with van der Waals surface area (Å²) in [5.41, 5.74) is 1.43. The Balaban J connectivity index is 2.10. The maximum Gasteiger partial charge on any atom is 0.0397 e. The van der Waals surface area contributed by atoms with Gasteiger partial charge in [0.15, 0.2) is 0 Å². The summed E-state index contributed by atoms with van der Waals surface area (Å²) in [4.78, 5) is 2.48. The Kier molecular flexibility index (Phi) is 5.22. The molecule has 18 heavy (non-hydrogen) atoms. The predicted octanol–water partition coefficient (Wildman–Crippen LogP) is 3.44. The Morgan fingerprint density at radius 3 is 2.89 bits per heavy atom. The molecular weight excluding hydrogens is 288 g/mol. The quantitative estimate of drug-likeness (QED) is 0.838. The maximum atomic E-state index is 3.70. The fourth-order valence-electron chi connectivity index (χ4n) is 2.91. The molecule has 1 aliphatic heterocycles. The molecule has 1 N–H and O–H groups in total. The molecule has 0 amide bonds. The summed E-state index contributed by atoms with van der Waals surface area (Å²) in [6.45, 7) is 5.68. The van der Waals surface area contributed by atoms with Crippen LogP contribution in [0.5, 0.6) is 0 Å². The zero-order valence-corrected chi connectivity index (χ0v) is 12.9. The van der Waals surface area contributed by atoms with E-state index in [1.54, 1.807) is 0 Å². The average molecular weight is 311 g/mol. The Morgan fingerprint density at radius 2 is 2.17 bits per heavy atom. The molecule has 1 fully saturated rings. The smallest absolute Gasteiger partial charge is 0.0397 e. The van der Waals surface area contributed by atoms with Gasteiger partial charge in [0.1, 0.15) is 0 Å². The summed E-state index contributed by atoms with van der Waals surface area (Å²) in [6, 6.07) is 9.18. The Hall–Kier alpha value is -0.380. The third-order valence-corrected chi connectivity index (χ3v) is 4.55. The number of hydrogen-bond acceptors (Lipinski definition) is 2. The molecule has 1 aromatic rings. The van der Waals surface area contributed by atoms with E-state index in [2.05, 4.69) is 64.4 Å². The zero-order chi connectivity index (χ0) is 13.0. The zero-order valence-electron chi connectivity index (χ0n) is 11.3. The number of nitrogens with one attached hydrogen (secondary N) is 1. The first-order valence-electron chi connectivity index (χ1n) is 6.89. The third-order valence-electron chi connectivity index (χ3n) is 3.83. The largest absolute Gasteiger partial charge is 0.316 e. The normalized spacial score (nSPS) is 24.6. The van der Waals surface area contributed by atoms with Gasteiger partial charge in [-0.15, -0.1) is 0 Å². The summed E-state index contributed by atoms with van der Waals surface area (Å²) < 4.78 is 1.24. The summed E-state index contributed by atoms with van der Waals surface area (Å²) >= 11 is 3.70. The second kappa shape index (κ2) is 6.69. The molecular formula is C15H23BrN2. The lowest BCUT2D eigenvalue weighted by Crippen LogP contribution is -2.29. The number of halogens is 1. The van der Waals surface area contributed by atoms with Crippen LogP contribution in [0.1, 0.15) is 31.4 Å². The number of benzene rings is 1. The van der Waals surface area contributed by atoms with Crippen LogP contribution in [0.4, 0.5) is 0 Å². The van der Waals surface area contributed by atoms with Crippen molar-refractivity contribution in [3.63, 3.8) is 0 Å². The van der Waals surface area contributed by atoms with Gasteiger partial charge in [-0.2, -0.15) is 0 Å². The van der Waals surface area contributed by atoms with Gasteiger partial charge in [0.05, 0.1) is 0 Å². The highest BCUT2D eigenvalue weighted by Gasteiger charge is 2.33. The van der Waals surface area contributed by atoms with E-state index in [1.807, 2.05) is 0 Å². The standard InChI is InChI=1S/C15H23BrN2/c1-3-9-17-11-12-8-10-18(2)15(12)13-6-4-5-7-14(13)16/h4-7,12,15,17H,3,8-11H2,1-2H3. The summed E-state index contributed by atoms with van der Waals surface area (Å²) in [6.07, 6.45) is 2.50. The van der Waals surface area contributed by atoms with Crippen molar-refractivity contribution in [2.75, 3.05) is 26.7 Å². The van der Waals surface area contributed by atoms with E-state index in [4.69, 9.17) is 0 Å². The van der Waals surface area contributed by atoms with Gasteiger partial charge in [-0.1, -0.05) is 41.1 Å². The first-order chi connectivity index (χ1) is 8.74. The maximum absolute atomic E-state index is 3.70. The van der Waals surface area contributed by atoms with Gasteiger partial charge in [0.25, 0.3) is 0 Å². The SMILES string of the molecule is CCCNCC1CCN(C)C1c1ccccc1Br. The summed E-state index contributed by atoms with van der Waals surface area (Å²) in [5, 5.41) is 3.57. The van der Waals surface area contributed by atoms with Crippen LogP contribution in [-0.4, -0.2) is 31.6 Å². The Labute approximate surface area is 119 Å². The molecule has 0 aromatic heterocycles. The second-order valence-electron chi connectivity index (χ2n) is 5.20. The van der Waals surface area contributed by atoms with Crippen LogP contribution in [-0.2, 0) is 0 Å². The molecule has 0 spiro atoms. The second-order valence-corrected chi connectivity index (χ2v) is 6.05. The monoisotopic (exact) mass is 310 g/mol. The molecule has 2 unspecified atom stereocenters. The van der Waals surface area contributed by atoms with Crippen LogP contribution in [0.3, 0.4) is 0 Å². The third kappa shape index (κ3) is 3.14. The van der Waals surface area contributed by atoms with E-state index >= 15 is 0 Å². The minimum Gasteiger partial charge on any atom is -0.316 e. The van der Waals surface area contributed by atoms with Crippen molar-refractivity contribution in [3.8, 4) is 0 Å². The molecule has 3 heteroatoms. The highest BCUT2D eigenvalue weighted by atomic mass is 79.9. The molecule has 0 aliphatic carbocycles. The number of rotatable bonds is 5. The van der Waals surface area contributed by atoms with Crippen molar-refractivity contribution >= 4 is 15.9 Å². The molecule has 2 rings (SSSR count). The van der Waals surface area contributed by atoms with Gasteiger partial charge in [-0.25, -0.2) is 0 Å². The number of nitrogens with zero attached hydrogens (tertiary/aromatic N) is 1. The first-order valence-corrected chi connectivity index (χ1v) is 7.68. The van der Waals surface area contributed by atoms with Crippen molar-refractivity contribution in [2.45, 2.75) is 25.8 Å². The van der Waals surface area contributed by atoms with Crippen LogP contribution in [0.2, 0.25) is 0 Å². The van der Waals surface area contributed by atoms with E-state index in [9.17, 15) is 0 Å². The Morgan fingerprint density at radius 1 is 1.39 bits per heavy atom. The molecule has 100 valence electrons. The van der Waals surface area contributed by atoms with Crippen LogP contribution < -0.4 is 5.32 Å². The van der Waals surface area contributed by atoms with Crippen LogP contribution in [0.15, 0.2) is 28.7 Å². The molecule has 0 radical (unpaired) electrons. The van der Waals surface area contributed by atoms with Crippen molar-refractivity contribution < 1.29 is 0 Å². The number of hydrogen-bond donors (Lipinski definition) is 1. The van der Waals surface area contributed by atoms with Gasteiger partial charge in [-0.05, 0) is 57.1 Å². The molecule has 2 atom stereocenters. The molecule has 0 bridgehead atoms. The molecule has 1 aromatic carbocycles. The number of likely N-dealkylation sites (tertiary alicyclic amines) is 1. The summed E-state index contributed by atoms with van der Waals surface area (Å²) in [5.74, 6) is 0.722. The van der Waals surface area contributed by atoms with Gasteiger partial charge < -0.3 is 5.32 Å². The lowest BCUT2D eigenvalue weighted by Gasteiger charge is -2.26. The summed E-state index contributed by atoms with van der Waals surface area (Å²) in [7, 11) is 2.24. The van der Waals surface area contributed by atoms with Gasteiger partial charge in [-0.3, -0.25) is 4.90 Å². The van der Waals surface area contributed by atoms with Crippen LogP contribution >= 0.6 is 15.9 Å². The molecule has 2 nitrogen and oxygen atoms in total. The molecule has 1 heterocycles. The minimum atomic E-state index is 0.546. The average Bonchev–Trinajstić information content (AvgIpc) is 2.72. The van der Waals surface area contributed by atoms with Crippen molar-refractivity contribution in [3.05, 3.63) is 34.3 Å². The molecule has 1 saturated heterocycles. The van der Waals surface area contributed by atoms with Crippen LogP contribution in [0.25, 0.3) is 0 Å². The van der Waals surface area contributed by atoms with E-state index in [-0.39, 0.29) is 0 Å². The van der Waals surface area contributed by atoms with E-state index in [1.165, 1.54) is 29.4 Å². The van der Waals surface area contributed by atoms with Gasteiger partial charge in [0, 0.05) is 10.5 Å². The van der Waals surface area contributed by atoms with Crippen molar-refractivity contribution in [1.29, 1.82) is 0 Å². The van der Waals surface area contributed by atoms with Gasteiger partial charge >= 0.3 is 0 Å². The lowest BCUT2D eigenvalue weighted by atomic mass is 9.93. The topological polar surface area (TPSA) is 15.3 Å².